The number of carbonyl (C=O) groups excluding carboxylic acids is 2. The highest BCUT2D eigenvalue weighted by Crippen LogP contribution is 2.20. The van der Waals surface area contributed by atoms with Crippen LogP contribution in [-0.4, -0.2) is 49.5 Å². The van der Waals surface area contributed by atoms with Gasteiger partial charge in [-0.3, -0.25) is 14.9 Å². The molecule has 0 radical (unpaired) electrons. The molecule has 3 aromatic rings. The molecular weight excluding hydrogens is 356 g/mol. The Morgan fingerprint density at radius 3 is 2.65 bits per heavy atom. The monoisotopic (exact) mass is 372 g/mol. The van der Waals surface area contributed by atoms with Crippen molar-refractivity contribution in [2.24, 2.45) is 7.05 Å². The second-order valence-corrected chi connectivity index (χ2v) is 6.18. The third kappa shape index (κ3) is 3.91. The van der Waals surface area contributed by atoms with Crippen LogP contribution in [0.4, 0.5) is 0 Å². The SMILES string of the molecule is COc1ccc(-n2nnnc2SCC(=O)NC(=O)c2cccn2C)cc1. The summed E-state index contributed by atoms with van der Waals surface area (Å²) in [6.07, 6.45) is 1.73. The van der Waals surface area contributed by atoms with Crippen LogP contribution in [0, 0.1) is 0 Å². The highest BCUT2D eigenvalue weighted by atomic mass is 32.2. The third-order valence-corrected chi connectivity index (χ3v) is 4.44. The number of aromatic nitrogens is 5. The highest BCUT2D eigenvalue weighted by molar-refractivity contribution is 7.99. The fourth-order valence-electron chi connectivity index (χ4n) is 2.21. The van der Waals surface area contributed by atoms with Crippen molar-refractivity contribution in [3.63, 3.8) is 0 Å². The first-order valence-electron chi connectivity index (χ1n) is 7.59. The van der Waals surface area contributed by atoms with E-state index in [4.69, 9.17) is 4.74 Å². The van der Waals surface area contributed by atoms with E-state index in [-0.39, 0.29) is 5.75 Å². The second-order valence-electron chi connectivity index (χ2n) is 5.24. The lowest BCUT2D eigenvalue weighted by atomic mass is 10.3. The van der Waals surface area contributed by atoms with Gasteiger partial charge in [-0.05, 0) is 46.8 Å². The summed E-state index contributed by atoms with van der Waals surface area (Å²) in [7, 11) is 3.32. The number of aryl methyl sites for hydroxylation is 1. The molecular formula is C16H16N6O3S. The lowest BCUT2D eigenvalue weighted by Gasteiger charge is -2.06. The van der Waals surface area contributed by atoms with E-state index in [0.29, 0.717) is 10.9 Å². The highest BCUT2D eigenvalue weighted by Gasteiger charge is 2.15. The van der Waals surface area contributed by atoms with Crippen molar-refractivity contribution in [1.29, 1.82) is 0 Å². The van der Waals surface area contributed by atoms with E-state index in [1.807, 2.05) is 0 Å². The van der Waals surface area contributed by atoms with Crippen molar-refractivity contribution in [2.45, 2.75) is 5.16 Å². The maximum absolute atomic E-state index is 12.0. The number of methoxy groups -OCH3 is 1. The summed E-state index contributed by atoms with van der Waals surface area (Å²) in [5.41, 5.74) is 1.14. The summed E-state index contributed by atoms with van der Waals surface area (Å²) in [5.74, 6) is -0.148. The number of imide groups is 1. The van der Waals surface area contributed by atoms with E-state index in [0.717, 1.165) is 23.2 Å². The number of nitrogens with one attached hydrogen (secondary N) is 1. The Morgan fingerprint density at radius 1 is 1.23 bits per heavy atom. The lowest BCUT2D eigenvalue weighted by molar-refractivity contribution is -0.117. The molecule has 0 saturated heterocycles. The van der Waals surface area contributed by atoms with Gasteiger partial charge in [-0.2, -0.15) is 4.68 Å². The number of tetrazole rings is 1. The third-order valence-electron chi connectivity index (χ3n) is 3.52. The van der Waals surface area contributed by atoms with Crippen LogP contribution in [0.3, 0.4) is 0 Å². The molecule has 0 aliphatic heterocycles. The lowest BCUT2D eigenvalue weighted by Crippen LogP contribution is -2.33. The minimum atomic E-state index is -0.446. The number of hydrogen-bond acceptors (Lipinski definition) is 7. The van der Waals surface area contributed by atoms with Gasteiger partial charge in [0.2, 0.25) is 11.1 Å². The topological polar surface area (TPSA) is 104 Å². The van der Waals surface area contributed by atoms with Crippen LogP contribution in [0.5, 0.6) is 5.75 Å². The van der Waals surface area contributed by atoms with Gasteiger partial charge in [-0.1, -0.05) is 11.8 Å². The average molecular weight is 372 g/mol. The zero-order valence-electron chi connectivity index (χ0n) is 14.1. The number of benzene rings is 1. The first-order valence-corrected chi connectivity index (χ1v) is 8.58. The minimum absolute atomic E-state index is 0.00664. The Labute approximate surface area is 153 Å². The minimum Gasteiger partial charge on any atom is -0.497 e. The average Bonchev–Trinajstić information content (AvgIpc) is 3.28. The molecule has 0 aliphatic carbocycles. The largest absolute Gasteiger partial charge is 0.497 e. The fourth-order valence-corrected chi connectivity index (χ4v) is 2.90. The molecule has 10 heteroatoms. The van der Waals surface area contributed by atoms with Gasteiger partial charge >= 0.3 is 0 Å². The summed E-state index contributed by atoms with van der Waals surface area (Å²) in [6.45, 7) is 0. The Bertz CT molecular complexity index is 918. The molecule has 2 heterocycles. The van der Waals surface area contributed by atoms with Crippen LogP contribution in [0.15, 0.2) is 47.8 Å². The van der Waals surface area contributed by atoms with Crippen LogP contribution >= 0.6 is 11.8 Å². The van der Waals surface area contributed by atoms with Crippen LogP contribution in [0.1, 0.15) is 10.5 Å². The molecule has 0 aliphatic rings. The van der Waals surface area contributed by atoms with Gasteiger partial charge in [0.05, 0.1) is 18.6 Å². The predicted molar refractivity (Wildman–Crippen MR) is 94.3 cm³/mol. The van der Waals surface area contributed by atoms with Gasteiger partial charge < -0.3 is 9.30 Å². The van der Waals surface area contributed by atoms with Gasteiger partial charge in [-0.25, -0.2) is 0 Å². The van der Waals surface area contributed by atoms with Crippen molar-refractivity contribution in [3.05, 3.63) is 48.3 Å². The molecule has 0 fully saturated rings. The van der Waals surface area contributed by atoms with Crippen molar-refractivity contribution >= 4 is 23.6 Å². The van der Waals surface area contributed by atoms with Crippen LogP contribution in [0.25, 0.3) is 5.69 Å². The predicted octanol–water partition coefficient (Wildman–Crippen LogP) is 1.06. The van der Waals surface area contributed by atoms with Gasteiger partial charge in [0.15, 0.2) is 0 Å². The molecule has 9 nitrogen and oxygen atoms in total. The molecule has 0 atom stereocenters. The van der Waals surface area contributed by atoms with Crippen molar-refractivity contribution in [2.75, 3.05) is 12.9 Å². The molecule has 2 aromatic heterocycles. The maximum Gasteiger partial charge on any atom is 0.274 e. The number of thioether (sulfide) groups is 1. The number of carbonyl (C=O) groups is 2. The second kappa shape index (κ2) is 7.83. The first-order chi connectivity index (χ1) is 12.6. The molecule has 0 saturated carbocycles. The van der Waals surface area contributed by atoms with Crippen LogP contribution in [-0.2, 0) is 11.8 Å². The number of hydrogen-bond donors (Lipinski definition) is 1. The molecule has 134 valence electrons. The molecule has 0 bridgehead atoms. The normalized spacial score (nSPS) is 10.5. The zero-order chi connectivity index (χ0) is 18.5. The molecule has 1 N–H and O–H groups in total. The van der Waals surface area contributed by atoms with Crippen molar-refractivity contribution in [3.8, 4) is 11.4 Å². The standard InChI is InChI=1S/C16H16N6O3S/c1-21-9-3-4-13(21)15(24)17-14(23)10-26-16-18-19-20-22(16)11-5-7-12(25-2)8-6-11/h3-9H,10H2,1-2H3,(H,17,23,24). The fraction of sp³-hybridized carbons (Fsp3) is 0.188. The summed E-state index contributed by atoms with van der Waals surface area (Å²) >= 11 is 1.13. The van der Waals surface area contributed by atoms with E-state index < -0.39 is 11.8 Å². The maximum atomic E-state index is 12.0. The molecule has 0 unspecified atom stereocenters. The van der Waals surface area contributed by atoms with E-state index in [1.54, 1.807) is 61.3 Å². The summed E-state index contributed by atoms with van der Waals surface area (Å²) in [4.78, 5) is 24.1. The van der Waals surface area contributed by atoms with E-state index in [9.17, 15) is 9.59 Å². The quantitative estimate of drug-likeness (QED) is 0.645. The van der Waals surface area contributed by atoms with Crippen molar-refractivity contribution in [1.82, 2.24) is 30.1 Å². The van der Waals surface area contributed by atoms with Gasteiger partial charge in [0.25, 0.3) is 5.91 Å². The number of amides is 2. The number of rotatable bonds is 6. The summed E-state index contributed by atoms with van der Waals surface area (Å²) in [5, 5.41) is 14.3. The zero-order valence-corrected chi connectivity index (χ0v) is 14.9. The Kier molecular flexibility index (Phi) is 5.32. The van der Waals surface area contributed by atoms with Crippen LogP contribution < -0.4 is 10.1 Å². The molecule has 26 heavy (non-hydrogen) atoms. The van der Waals surface area contributed by atoms with E-state index >= 15 is 0 Å². The number of ether oxygens (including phenoxy) is 1. The van der Waals surface area contributed by atoms with Gasteiger partial charge in [0, 0.05) is 13.2 Å². The van der Waals surface area contributed by atoms with Gasteiger partial charge in [-0.15, -0.1) is 5.10 Å². The van der Waals surface area contributed by atoms with Crippen molar-refractivity contribution < 1.29 is 14.3 Å². The molecule has 2 amide bonds. The van der Waals surface area contributed by atoms with E-state index in [1.165, 1.54) is 4.68 Å². The summed E-state index contributed by atoms with van der Waals surface area (Å²) in [6, 6.07) is 10.6. The Morgan fingerprint density at radius 2 is 2.00 bits per heavy atom. The molecule has 1 aromatic carbocycles. The smallest absolute Gasteiger partial charge is 0.274 e. The first kappa shape index (κ1) is 17.7. The molecule has 0 spiro atoms. The van der Waals surface area contributed by atoms with Gasteiger partial charge in [0.1, 0.15) is 11.4 Å². The van der Waals surface area contributed by atoms with E-state index in [2.05, 4.69) is 20.8 Å². The van der Waals surface area contributed by atoms with Crippen LogP contribution in [0.2, 0.25) is 0 Å². The summed E-state index contributed by atoms with van der Waals surface area (Å²) < 4.78 is 8.27. The Balaban J connectivity index is 1.61. The molecule has 3 rings (SSSR count). The Hall–Kier alpha value is -3.14. The number of nitrogens with zero attached hydrogens (tertiary/aromatic N) is 5.